The Morgan fingerprint density at radius 2 is 1.71 bits per heavy atom. The van der Waals surface area contributed by atoms with E-state index < -0.39 is 5.83 Å². The van der Waals surface area contributed by atoms with E-state index in [-0.39, 0.29) is 5.82 Å². The predicted octanol–water partition coefficient (Wildman–Crippen LogP) is 6.28. The van der Waals surface area contributed by atoms with Crippen molar-refractivity contribution in [3.63, 3.8) is 0 Å². The number of nitriles is 1. The quantitative estimate of drug-likeness (QED) is 0.427. The molecule has 0 aliphatic heterocycles. The second-order valence-electron chi connectivity index (χ2n) is 6.68. The summed E-state index contributed by atoms with van der Waals surface area (Å²) in [5, 5.41) is 8.30. The van der Waals surface area contributed by atoms with E-state index in [1.807, 2.05) is 18.2 Å². The van der Waals surface area contributed by atoms with Crippen LogP contribution in [0.1, 0.15) is 50.5 Å². The van der Waals surface area contributed by atoms with Gasteiger partial charge in [-0.3, -0.25) is 0 Å². The first-order chi connectivity index (χ1) is 11.7. The van der Waals surface area contributed by atoms with Gasteiger partial charge < -0.3 is 0 Å². The maximum absolute atomic E-state index is 12.9. The van der Waals surface area contributed by atoms with Gasteiger partial charge in [-0.1, -0.05) is 50.0 Å². The topological polar surface area (TPSA) is 23.8 Å². The van der Waals surface area contributed by atoms with Crippen LogP contribution < -0.4 is 0 Å². The fourth-order valence-electron chi connectivity index (χ4n) is 3.45. The zero-order valence-corrected chi connectivity index (χ0v) is 14.1. The lowest BCUT2D eigenvalue weighted by Gasteiger charge is -2.28. The van der Waals surface area contributed by atoms with Gasteiger partial charge in [-0.25, -0.2) is 4.39 Å². The number of nitrogens with zero attached hydrogens (tertiary/aromatic N) is 1. The maximum atomic E-state index is 12.9. The molecular weight excluding hydrogens is 304 g/mol. The van der Waals surface area contributed by atoms with E-state index in [4.69, 9.17) is 5.26 Å². The lowest BCUT2D eigenvalue weighted by Crippen LogP contribution is -2.15. The average molecular weight is 329 g/mol. The summed E-state index contributed by atoms with van der Waals surface area (Å²) in [4.78, 5) is 0. The van der Waals surface area contributed by atoms with E-state index >= 15 is 0 Å². The minimum Gasteiger partial charge on any atom is -0.207 e. The number of aryl methyl sites for hydroxylation is 1. The predicted molar refractivity (Wildman–Crippen MR) is 93.3 cm³/mol. The van der Waals surface area contributed by atoms with Gasteiger partial charge in [0.25, 0.3) is 0 Å². The third kappa shape index (κ3) is 6.66. The number of rotatable bonds is 7. The molecule has 1 saturated carbocycles. The number of benzene rings is 1. The fraction of sp³-hybridized carbons (Fsp3) is 0.476. The monoisotopic (exact) mass is 329 g/mol. The zero-order valence-electron chi connectivity index (χ0n) is 14.1. The third-order valence-electron chi connectivity index (χ3n) is 4.95. The number of halogens is 2. The molecule has 0 amide bonds. The van der Waals surface area contributed by atoms with Crippen LogP contribution in [0.25, 0.3) is 0 Å². The minimum atomic E-state index is -0.743. The highest BCUT2D eigenvalue weighted by Gasteiger charge is 2.20. The van der Waals surface area contributed by atoms with Gasteiger partial charge in [0.05, 0.1) is 0 Å². The van der Waals surface area contributed by atoms with Crippen LogP contribution in [-0.2, 0) is 6.42 Å². The van der Waals surface area contributed by atoms with Crippen molar-refractivity contribution >= 4 is 0 Å². The number of hydrogen-bond donors (Lipinski definition) is 0. The van der Waals surface area contributed by atoms with Crippen LogP contribution in [0.4, 0.5) is 8.78 Å². The van der Waals surface area contributed by atoms with Gasteiger partial charge in [0.1, 0.15) is 11.9 Å². The molecule has 0 atom stereocenters. The second-order valence-corrected chi connectivity index (χ2v) is 6.68. The molecule has 1 nitrogen and oxygen atoms in total. The Labute approximate surface area is 143 Å². The zero-order chi connectivity index (χ0) is 17.2. The molecule has 0 spiro atoms. The van der Waals surface area contributed by atoms with Crippen molar-refractivity contribution in [2.75, 3.05) is 0 Å². The summed E-state index contributed by atoms with van der Waals surface area (Å²) in [6.07, 6.45) is 14.2. The molecule has 0 saturated heterocycles. The molecule has 1 aromatic rings. The first-order valence-electron chi connectivity index (χ1n) is 8.84. The molecule has 2 rings (SSSR count). The molecule has 24 heavy (non-hydrogen) atoms. The maximum Gasteiger partial charge on any atom is 0.199 e. The molecule has 0 bridgehead atoms. The highest BCUT2D eigenvalue weighted by Crippen LogP contribution is 2.34. The standard InChI is InChI=1S/C21H25F2N/c22-20-14-12-19(13-15-20)11-10-18-8-6-17(7-9-18)4-2-1-3-5-21(23)16-24/h1,3,5,12-15,17-18H,2,4,6-11H2/b3-1+,21-5-/t17-,18-. The van der Waals surface area contributed by atoms with Crippen molar-refractivity contribution < 1.29 is 8.78 Å². The van der Waals surface area contributed by atoms with Gasteiger partial charge in [-0.2, -0.15) is 9.65 Å². The van der Waals surface area contributed by atoms with E-state index in [2.05, 4.69) is 0 Å². The lowest BCUT2D eigenvalue weighted by molar-refractivity contribution is 0.254. The number of hydrogen-bond acceptors (Lipinski definition) is 1. The minimum absolute atomic E-state index is 0.167. The molecular formula is C21H25F2N. The highest BCUT2D eigenvalue weighted by atomic mass is 19.1. The Balaban J connectivity index is 1.61. The summed E-state index contributed by atoms with van der Waals surface area (Å²) < 4.78 is 25.5. The average Bonchev–Trinajstić information content (AvgIpc) is 2.61. The van der Waals surface area contributed by atoms with Crippen LogP contribution in [0.15, 0.2) is 48.3 Å². The van der Waals surface area contributed by atoms with Gasteiger partial charge >= 0.3 is 0 Å². The first kappa shape index (κ1) is 18.4. The normalized spacial score (nSPS) is 21.8. The summed E-state index contributed by atoms with van der Waals surface area (Å²) in [6, 6.07) is 8.31. The van der Waals surface area contributed by atoms with Crippen LogP contribution >= 0.6 is 0 Å². The highest BCUT2D eigenvalue weighted by molar-refractivity contribution is 5.18. The smallest absolute Gasteiger partial charge is 0.199 e. The Bertz CT molecular complexity index is 587. The van der Waals surface area contributed by atoms with Gasteiger partial charge in [-0.15, -0.1) is 0 Å². The van der Waals surface area contributed by atoms with Crippen LogP contribution in [-0.4, -0.2) is 0 Å². The van der Waals surface area contributed by atoms with Gasteiger partial charge in [0.15, 0.2) is 5.83 Å². The molecule has 3 heteroatoms. The molecule has 0 unspecified atom stereocenters. The van der Waals surface area contributed by atoms with E-state index in [1.165, 1.54) is 61.9 Å². The summed E-state index contributed by atoms with van der Waals surface area (Å²) >= 11 is 0. The van der Waals surface area contributed by atoms with Crippen molar-refractivity contribution in [3.8, 4) is 6.07 Å². The Hall–Kier alpha value is -1.95. The summed E-state index contributed by atoms with van der Waals surface area (Å²) in [7, 11) is 0. The molecule has 1 fully saturated rings. The van der Waals surface area contributed by atoms with E-state index in [1.54, 1.807) is 6.08 Å². The van der Waals surface area contributed by atoms with Crippen molar-refractivity contribution in [1.82, 2.24) is 0 Å². The van der Waals surface area contributed by atoms with Crippen LogP contribution in [0, 0.1) is 29.0 Å². The third-order valence-corrected chi connectivity index (χ3v) is 4.95. The van der Waals surface area contributed by atoms with Crippen molar-refractivity contribution in [2.24, 2.45) is 11.8 Å². The Morgan fingerprint density at radius 3 is 2.33 bits per heavy atom. The second kappa shape index (κ2) is 10.0. The van der Waals surface area contributed by atoms with E-state index in [9.17, 15) is 8.78 Å². The molecule has 0 N–H and O–H groups in total. The van der Waals surface area contributed by atoms with E-state index in [0.29, 0.717) is 0 Å². The lowest BCUT2D eigenvalue weighted by atomic mass is 9.78. The molecule has 1 aromatic carbocycles. The van der Waals surface area contributed by atoms with Crippen molar-refractivity contribution in [1.29, 1.82) is 5.26 Å². The largest absolute Gasteiger partial charge is 0.207 e. The van der Waals surface area contributed by atoms with Crippen LogP contribution in [0.5, 0.6) is 0 Å². The van der Waals surface area contributed by atoms with Crippen LogP contribution in [0.3, 0.4) is 0 Å². The molecule has 0 heterocycles. The van der Waals surface area contributed by atoms with E-state index in [0.717, 1.165) is 31.1 Å². The molecule has 0 radical (unpaired) electrons. The van der Waals surface area contributed by atoms with Gasteiger partial charge in [0, 0.05) is 0 Å². The molecule has 0 aromatic heterocycles. The first-order valence-corrected chi connectivity index (χ1v) is 8.84. The van der Waals surface area contributed by atoms with Crippen molar-refractivity contribution in [2.45, 2.75) is 51.4 Å². The van der Waals surface area contributed by atoms with Crippen molar-refractivity contribution in [3.05, 3.63) is 59.7 Å². The SMILES string of the molecule is N#C/C(F)=C/C=C/CC[C@H]1CC[C@H](CCc2ccc(F)cc2)CC1. The Kier molecular flexibility index (Phi) is 7.68. The Morgan fingerprint density at radius 1 is 1.08 bits per heavy atom. The summed E-state index contributed by atoms with van der Waals surface area (Å²) in [5.41, 5.74) is 1.22. The molecule has 1 aliphatic carbocycles. The van der Waals surface area contributed by atoms with Gasteiger partial charge in [0.2, 0.25) is 0 Å². The van der Waals surface area contributed by atoms with Gasteiger partial charge in [-0.05, 0) is 61.3 Å². The fourth-order valence-corrected chi connectivity index (χ4v) is 3.45. The number of allylic oxidation sites excluding steroid dienone is 4. The molecule has 1 aliphatic rings. The summed E-state index contributed by atoms with van der Waals surface area (Å²) in [6.45, 7) is 0. The molecule has 128 valence electrons. The van der Waals surface area contributed by atoms with Crippen LogP contribution in [0.2, 0.25) is 0 Å². The summed E-state index contributed by atoms with van der Waals surface area (Å²) in [5.74, 6) is 0.642.